The van der Waals surface area contributed by atoms with Crippen LogP contribution in [-0.2, 0) is 4.74 Å². The number of hydrogen-bond acceptors (Lipinski definition) is 2. The normalized spacial score (nSPS) is 31.5. The number of aliphatic hydroxyl groups excluding tert-OH is 1. The van der Waals surface area contributed by atoms with Crippen LogP contribution in [0, 0.1) is 0 Å². The van der Waals surface area contributed by atoms with E-state index in [1.807, 2.05) is 25.1 Å². The molecule has 1 aliphatic rings. The van der Waals surface area contributed by atoms with Gasteiger partial charge in [0.05, 0.1) is 18.3 Å². The number of halogens is 1. The third-order valence-electron chi connectivity index (χ3n) is 2.71. The SMILES string of the molecule is CC1CC(O)CC(c2cccc(Br)c2)O1. The molecule has 0 spiro atoms. The lowest BCUT2D eigenvalue weighted by Crippen LogP contribution is -2.29. The van der Waals surface area contributed by atoms with Gasteiger partial charge in [0.1, 0.15) is 0 Å². The molecule has 1 heterocycles. The molecule has 3 unspecified atom stereocenters. The van der Waals surface area contributed by atoms with Crippen molar-refractivity contribution in [3.8, 4) is 0 Å². The Balaban J connectivity index is 2.16. The number of rotatable bonds is 1. The largest absolute Gasteiger partial charge is 0.393 e. The zero-order valence-electron chi connectivity index (χ0n) is 8.69. The molecular weight excluding hydrogens is 256 g/mol. The molecule has 0 radical (unpaired) electrons. The fourth-order valence-corrected chi connectivity index (χ4v) is 2.46. The van der Waals surface area contributed by atoms with Crippen LogP contribution in [0.5, 0.6) is 0 Å². The predicted octanol–water partition coefficient (Wildman–Crippen LogP) is 3.05. The monoisotopic (exact) mass is 270 g/mol. The average molecular weight is 271 g/mol. The van der Waals surface area contributed by atoms with Gasteiger partial charge in [0, 0.05) is 10.9 Å². The summed E-state index contributed by atoms with van der Waals surface area (Å²) in [7, 11) is 0. The molecule has 2 nitrogen and oxygen atoms in total. The van der Waals surface area contributed by atoms with E-state index in [-0.39, 0.29) is 18.3 Å². The van der Waals surface area contributed by atoms with Crippen molar-refractivity contribution in [2.45, 2.75) is 38.1 Å². The second kappa shape index (κ2) is 4.64. The van der Waals surface area contributed by atoms with E-state index in [9.17, 15) is 5.11 Å². The minimum atomic E-state index is -0.238. The van der Waals surface area contributed by atoms with E-state index >= 15 is 0 Å². The average Bonchev–Trinajstić information content (AvgIpc) is 2.16. The van der Waals surface area contributed by atoms with Gasteiger partial charge >= 0.3 is 0 Å². The van der Waals surface area contributed by atoms with E-state index in [0.717, 1.165) is 16.5 Å². The van der Waals surface area contributed by atoms with Gasteiger partial charge < -0.3 is 9.84 Å². The van der Waals surface area contributed by atoms with Crippen molar-refractivity contribution in [3.05, 3.63) is 34.3 Å². The molecule has 2 rings (SSSR count). The van der Waals surface area contributed by atoms with Crippen LogP contribution in [0.4, 0.5) is 0 Å². The summed E-state index contributed by atoms with van der Waals surface area (Å²) in [5.74, 6) is 0. The lowest BCUT2D eigenvalue weighted by atomic mass is 9.97. The first kappa shape index (κ1) is 11.1. The van der Waals surface area contributed by atoms with Crippen molar-refractivity contribution in [1.29, 1.82) is 0 Å². The van der Waals surface area contributed by atoms with Gasteiger partial charge in [-0.3, -0.25) is 0 Å². The molecule has 1 fully saturated rings. The molecule has 1 aliphatic heterocycles. The number of aliphatic hydroxyl groups is 1. The lowest BCUT2D eigenvalue weighted by Gasteiger charge is -2.31. The Morgan fingerprint density at radius 3 is 2.87 bits per heavy atom. The third kappa shape index (κ3) is 2.80. The van der Waals surface area contributed by atoms with Crippen LogP contribution in [0.1, 0.15) is 31.4 Å². The van der Waals surface area contributed by atoms with Crippen LogP contribution < -0.4 is 0 Å². The van der Waals surface area contributed by atoms with Crippen LogP contribution in [0.3, 0.4) is 0 Å². The lowest BCUT2D eigenvalue weighted by molar-refractivity contribution is -0.0895. The summed E-state index contributed by atoms with van der Waals surface area (Å²) in [6, 6.07) is 8.08. The summed E-state index contributed by atoms with van der Waals surface area (Å²) in [4.78, 5) is 0. The summed E-state index contributed by atoms with van der Waals surface area (Å²) in [5, 5.41) is 9.69. The summed E-state index contributed by atoms with van der Waals surface area (Å²) in [6.45, 7) is 2.01. The van der Waals surface area contributed by atoms with E-state index in [2.05, 4.69) is 22.0 Å². The topological polar surface area (TPSA) is 29.5 Å². The minimum absolute atomic E-state index is 0.0289. The van der Waals surface area contributed by atoms with Crippen molar-refractivity contribution in [2.24, 2.45) is 0 Å². The van der Waals surface area contributed by atoms with Gasteiger partial charge in [-0.25, -0.2) is 0 Å². The van der Waals surface area contributed by atoms with E-state index in [0.29, 0.717) is 6.42 Å². The summed E-state index contributed by atoms with van der Waals surface area (Å²) >= 11 is 3.44. The quantitative estimate of drug-likeness (QED) is 0.850. The van der Waals surface area contributed by atoms with E-state index in [1.54, 1.807) is 0 Å². The molecule has 1 N–H and O–H groups in total. The Bertz CT molecular complexity index is 330. The smallest absolute Gasteiger partial charge is 0.0853 e. The van der Waals surface area contributed by atoms with Crippen molar-refractivity contribution in [3.63, 3.8) is 0 Å². The van der Waals surface area contributed by atoms with Crippen molar-refractivity contribution < 1.29 is 9.84 Å². The molecule has 1 aromatic rings. The first-order valence-electron chi connectivity index (χ1n) is 5.24. The molecule has 15 heavy (non-hydrogen) atoms. The Kier molecular flexibility index (Phi) is 3.44. The van der Waals surface area contributed by atoms with Gasteiger partial charge in [0.25, 0.3) is 0 Å². The van der Waals surface area contributed by atoms with Crippen LogP contribution >= 0.6 is 15.9 Å². The summed E-state index contributed by atoms with van der Waals surface area (Å²) in [5.41, 5.74) is 1.13. The van der Waals surface area contributed by atoms with Crippen LogP contribution in [0.15, 0.2) is 28.7 Å². The van der Waals surface area contributed by atoms with Gasteiger partial charge in [-0.05, 0) is 31.0 Å². The highest BCUT2D eigenvalue weighted by Gasteiger charge is 2.26. The highest BCUT2D eigenvalue weighted by Crippen LogP contribution is 2.32. The van der Waals surface area contributed by atoms with Crippen LogP contribution in [0.25, 0.3) is 0 Å². The Labute approximate surface area is 98.4 Å². The van der Waals surface area contributed by atoms with Gasteiger partial charge in [-0.15, -0.1) is 0 Å². The molecule has 0 aliphatic carbocycles. The summed E-state index contributed by atoms with van der Waals surface area (Å²) in [6.07, 6.45) is 1.36. The molecule has 3 heteroatoms. The van der Waals surface area contributed by atoms with Gasteiger partial charge in [-0.2, -0.15) is 0 Å². The van der Waals surface area contributed by atoms with E-state index in [1.165, 1.54) is 0 Å². The van der Waals surface area contributed by atoms with Crippen molar-refractivity contribution in [1.82, 2.24) is 0 Å². The molecule has 0 saturated carbocycles. The Hall–Kier alpha value is -0.380. The van der Waals surface area contributed by atoms with Crippen LogP contribution in [0.2, 0.25) is 0 Å². The predicted molar refractivity (Wildman–Crippen MR) is 62.7 cm³/mol. The Morgan fingerprint density at radius 1 is 1.40 bits per heavy atom. The zero-order chi connectivity index (χ0) is 10.8. The maximum atomic E-state index is 9.69. The summed E-state index contributed by atoms with van der Waals surface area (Å²) < 4.78 is 6.87. The molecule has 0 amide bonds. The van der Waals surface area contributed by atoms with Crippen LogP contribution in [-0.4, -0.2) is 17.3 Å². The fourth-order valence-electron chi connectivity index (χ4n) is 2.04. The van der Waals surface area contributed by atoms with Gasteiger partial charge in [-0.1, -0.05) is 28.1 Å². The molecule has 0 aromatic heterocycles. The van der Waals surface area contributed by atoms with Gasteiger partial charge in [0.15, 0.2) is 0 Å². The maximum Gasteiger partial charge on any atom is 0.0853 e. The molecule has 1 saturated heterocycles. The molecule has 0 bridgehead atoms. The molecule has 82 valence electrons. The minimum Gasteiger partial charge on any atom is -0.393 e. The van der Waals surface area contributed by atoms with Gasteiger partial charge in [0.2, 0.25) is 0 Å². The highest BCUT2D eigenvalue weighted by atomic mass is 79.9. The van der Waals surface area contributed by atoms with E-state index < -0.39 is 0 Å². The number of hydrogen-bond donors (Lipinski definition) is 1. The molecular formula is C12H15BrO2. The maximum absolute atomic E-state index is 9.69. The first-order chi connectivity index (χ1) is 7.15. The number of ether oxygens (including phenoxy) is 1. The third-order valence-corrected chi connectivity index (χ3v) is 3.20. The first-order valence-corrected chi connectivity index (χ1v) is 6.03. The van der Waals surface area contributed by atoms with E-state index in [4.69, 9.17) is 4.74 Å². The zero-order valence-corrected chi connectivity index (χ0v) is 10.3. The molecule has 1 aromatic carbocycles. The van der Waals surface area contributed by atoms with Crippen molar-refractivity contribution in [2.75, 3.05) is 0 Å². The standard InChI is InChI=1S/C12H15BrO2/c1-8-5-11(14)7-12(15-8)9-3-2-4-10(13)6-9/h2-4,6,8,11-12,14H,5,7H2,1H3. The second-order valence-electron chi connectivity index (χ2n) is 4.12. The number of benzene rings is 1. The fraction of sp³-hybridized carbons (Fsp3) is 0.500. The second-order valence-corrected chi connectivity index (χ2v) is 5.03. The Morgan fingerprint density at radius 2 is 2.20 bits per heavy atom. The highest BCUT2D eigenvalue weighted by molar-refractivity contribution is 9.10. The molecule has 3 atom stereocenters. The van der Waals surface area contributed by atoms with Crippen molar-refractivity contribution >= 4 is 15.9 Å².